The summed E-state index contributed by atoms with van der Waals surface area (Å²) in [5.41, 5.74) is 6.71. The highest BCUT2D eigenvalue weighted by Crippen LogP contribution is 2.40. The van der Waals surface area contributed by atoms with Gasteiger partial charge in [0.05, 0.1) is 18.3 Å². The number of hydrogen-bond donors (Lipinski definition) is 0. The van der Waals surface area contributed by atoms with Crippen molar-refractivity contribution in [3.05, 3.63) is 78.4 Å². The molecule has 0 fully saturated rings. The van der Waals surface area contributed by atoms with Gasteiger partial charge in [-0.05, 0) is 35.4 Å². The van der Waals surface area contributed by atoms with E-state index in [-0.39, 0.29) is 0 Å². The normalized spacial score (nSPS) is 14.6. The zero-order valence-electron chi connectivity index (χ0n) is 16.0. The minimum absolute atomic E-state index is 0.921. The molecule has 0 bridgehead atoms. The molecular weight excluding hydrogens is 346 g/mol. The summed E-state index contributed by atoms with van der Waals surface area (Å²) in [4.78, 5) is 0. The standard InChI is InChI=1S/C24H23NOSi/c1-26-22-15-9-8-14-21(22)25-20-13-7-6-12-19(20)23-18-11-5-4-10-17(18)16-27(2,3)24(23)25/h4-15H,16H2,1-3H3. The van der Waals surface area contributed by atoms with Gasteiger partial charge in [-0.3, -0.25) is 0 Å². The van der Waals surface area contributed by atoms with E-state index in [9.17, 15) is 0 Å². The number of nitrogens with zero attached hydrogens (tertiary/aromatic N) is 1. The molecular formula is C24H23NOSi. The van der Waals surface area contributed by atoms with Crippen LogP contribution in [0.15, 0.2) is 72.8 Å². The summed E-state index contributed by atoms with van der Waals surface area (Å²) >= 11 is 0. The molecule has 0 saturated carbocycles. The van der Waals surface area contributed by atoms with Crippen molar-refractivity contribution in [3.8, 4) is 22.6 Å². The molecule has 0 spiro atoms. The van der Waals surface area contributed by atoms with Crippen LogP contribution in [0.4, 0.5) is 0 Å². The number of aromatic nitrogens is 1. The zero-order valence-corrected chi connectivity index (χ0v) is 17.0. The second-order valence-electron chi connectivity index (χ2n) is 7.97. The molecule has 134 valence electrons. The molecule has 5 rings (SSSR count). The number of benzene rings is 3. The summed E-state index contributed by atoms with van der Waals surface area (Å²) in [5.74, 6) is 0.921. The van der Waals surface area contributed by atoms with E-state index in [1.807, 2.05) is 6.07 Å². The van der Waals surface area contributed by atoms with E-state index in [1.165, 1.54) is 39.0 Å². The first-order chi connectivity index (χ1) is 13.1. The minimum atomic E-state index is -1.70. The summed E-state index contributed by atoms with van der Waals surface area (Å²) in [5, 5.41) is 2.85. The Morgan fingerprint density at radius 1 is 0.852 bits per heavy atom. The van der Waals surface area contributed by atoms with Crippen LogP contribution >= 0.6 is 0 Å². The van der Waals surface area contributed by atoms with Crippen LogP contribution in [-0.2, 0) is 6.04 Å². The molecule has 3 heteroatoms. The third kappa shape index (κ3) is 2.31. The van der Waals surface area contributed by atoms with Crippen LogP contribution < -0.4 is 10.1 Å². The summed E-state index contributed by atoms with van der Waals surface area (Å²) in [7, 11) is 0.0577. The number of methoxy groups -OCH3 is 1. The fourth-order valence-corrected chi connectivity index (χ4v) is 7.92. The summed E-state index contributed by atoms with van der Waals surface area (Å²) in [6, 6.07) is 27.3. The Morgan fingerprint density at radius 2 is 1.56 bits per heavy atom. The van der Waals surface area contributed by atoms with Gasteiger partial charge in [0.15, 0.2) is 0 Å². The van der Waals surface area contributed by atoms with Crippen molar-refractivity contribution in [2.75, 3.05) is 7.11 Å². The van der Waals surface area contributed by atoms with Gasteiger partial charge in [-0.1, -0.05) is 67.7 Å². The van der Waals surface area contributed by atoms with E-state index < -0.39 is 8.07 Å². The van der Waals surface area contributed by atoms with Crippen LogP contribution in [0.5, 0.6) is 5.75 Å². The molecule has 27 heavy (non-hydrogen) atoms. The van der Waals surface area contributed by atoms with Gasteiger partial charge in [-0.2, -0.15) is 0 Å². The molecule has 0 saturated heterocycles. The SMILES string of the molecule is COc1ccccc1-n1c2c(c3ccccc31)-c1ccccc1C[Si]2(C)C. The Labute approximate surface area is 161 Å². The van der Waals surface area contributed by atoms with Crippen molar-refractivity contribution in [1.29, 1.82) is 0 Å². The molecule has 0 N–H and O–H groups in total. The maximum Gasteiger partial charge on any atom is 0.142 e. The lowest BCUT2D eigenvalue weighted by Gasteiger charge is -2.32. The highest BCUT2D eigenvalue weighted by Gasteiger charge is 2.38. The van der Waals surface area contributed by atoms with E-state index in [1.54, 1.807) is 7.11 Å². The molecule has 1 aliphatic rings. The smallest absolute Gasteiger partial charge is 0.142 e. The number of para-hydroxylation sites is 3. The topological polar surface area (TPSA) is 14.2 Å². The maximum atomic E-state index is 5.74. The number of rotatable bonds is 2. The first-order valence-corrected chi connectivity index (χ1v) is 12.7. The highest BCUT2D eigenvalue weighted by atomic mass is 28.3. The molecule has 1 aliphatic heterocycles. The molecule has 0 radical (unpaired) electrons. The number of ether oxygens (including phenoxy) is 1. The predicted molar refractivity (Wildman–Crippen MR) is 116 cm³/mol. The van der Waals surface area contributed by atoms with E-state index in [0.29, 0.717) is 0 Å². The third-order valence-corrected chi connectivity index (χ3v) is 8.78. The van der Waals surface area contributed by atoms with Crippen molar-refractivity contribution in [3.63, 3.8) is 0 Å². The Bertz CT molecular complexity index is 1170. The lowest BCUT2D eigenvalue weighted by Crippen LogP contribution is -2.50. The van der Waals surface area contributed by atoms with Crippen LogP contribution in [0, 0.1) is 0 Å². The summed E-state index contributed by atoms with van der Waals surface area (Å²) in [6.07, 6.45) is 0. The Balaban J connectivity index is 1.98. The van der Waals surface area contributed by atoms with E-state index >= 15 is 0 Å². The summed E-state index contributed by atoms with van der Waals surface area (Å²) < 4.78 is 8.22. The Kier molecular flexibility index (Phi) is 3.56. The molecule has 0 aliphatic carbocycles. The van der Waals surface area contributed by atoms with Crippen molar-refractivity contribution in [2.45, 2.75) is 19.1 Å². The second-order valence-corrected chi connectivity index (χ2v) is 12.6. The average molecular weight is 370 g/mol. The van der Waals surface area contributed by atoms with Crippen LogP contribution in [0.3, 0.4) is 0 Å². The van der Waals surface area contributed by atoms with Crippen molar-refractivity contribution >= 4 is 24.3 Å². The van der Waals surface area contributed by atoms with Gasteiger partial charge >= 0.3 is 0 Å². The molecule has 4 aromatic rings. The largest absolute Gasteiger partial charge is 0.495 e. The van der Waals surface area contributed by atoms with Gasteiger partial charge in [0, 0.05) is 16.3 Å². The number of hydrogen-bond acceptors (Lipinski definition) is 1. The fourth-order valence-electron chi connectivity index (χ4n) is 4.70. The Hall–Kier alpha value is -2.78. The van der Waals surface area contributed by atoms with E-state index in [0.717, 1.165) is 11.4 Å². The molecule has 2 nitrogen and oxygen atoms in total. The molecule has 0 atom stereocenters. The monoisotopic (exact) mass is 369 g/mol. The first-order valence-electron chi connectivity index (χ1n) is 9.47. The molecule has 3 aromatic carbocycles. The fraction of sp³-hybridized carbons (Fsp3) is 0.167. The summed E-state index contributed by atoms with van der Waals surface area (Å²) in [6.45, 7) is 4.99. The molecule has 2 heterocycles. The van der Waals surface area contributed by atoms with Gasteiger partial charge < -0.3 is 9.30 Å². The third-order valence-electron chi connectivity index (χ3n) is 5.76. The molecule has 1 aromatic heterocycles. The average Bonchev–Trinajstić information content (AvgIpc) is 3.04. The van der Waals surface area contributed by atoms with Gasteiger partial charge in [-0.15, -0.1) is 0 Å². The highest BCUT2D eigenvalue weighted by molar-refractivity contribution is 6.90. The van der Waals surface area contributed by atoms with Crippen LogP contribution in [-0.4, -0.2) is 19.8 Å². The van der Waals surface area contributed by atoms with Crippen LogP contribution in [0.2, 0.25) is 13.1 Å². The quantitative estimate of drug-likeness (QED) is 0.436. The van der Waals surface area contributed by atoms with Crippen molar-refractivity contribution in [1.82, 2.24) is 4.57 Å². The van der Waals surface area contributed by atoms with Gasteiger partial charge in [-0.25, -0.2) is 0 Å². The van der Waals surface area contributed by atoms with Crippen molar-refractivity contribution in [2.24, 2.45) is 0 Å². The van der Waals surface area contributed by atoms with E-state index in [4.69, 9.17) is 4.74 Å². The van der Waals surface area contributed by atoms with Gasteiger partial charge in [0.2, 0.25) is 0 Å². The number of fused-ring (bicyclic) bond motifs is 5. The molecule has 0 amide bonds. The van der Waals surface area contributed by atoms with Gasteiger partial charge in [0.25, 0.3) is 0 Å². The van der Waals surface area contributed by atoms with E-state index in [2.05, 4.69) is 84.4 Å². The lowest BCUT2D eigenvalue weighted by atomic mass is 9.99. The van der Waals surface area contributed by atoms with Crippen LogP contribution in [0.1, 0.15) is 5.56 Å². The van der Waals surface area contributed by atoms with Crippen molar-refractivity contribution < 1.29 is 4.74 Å². The predicted octanol–water partition coefficient (Wildman–Crippen LogP) is 5.32. The minimum Gasteiger partial charge on any atom is -0.495 e. The zero-order chi connectivity index (χ0) is 18.6. The lowest BCUT2D eigenvalue weighted by molar-refractivity contribution is 0.413. The Morgan fingerprint density at radius 3 is 2.41 bits per heavy atom. The first kappa shape index (κ1) is 16.4. The maximum absolute atomic E-state index is 5.74. The second kappa shape index (κ2) is 5.86. The molecule has 0 unspecified atom stereocenters. The van der Waals surface area contributed by atoms with Crippen LogP contribution in [0.25, 0.3) is 27.7 Å². The van der Waals surface area contributed by atoms with Gasteiger partial charge in [0.1, 0.15) is 13.8 Å².